The molecular formula is C22H25FN2O2. The molecular weight excluding hydrogens is 343 g/mol. The number of nitrogens with one attached hydrogen (secondary N) is 1. The van der Waals surface area contributed by atoms with Gasteiger partial charge in [0.15, 0.2) is 0 Å². The van der Waals surface area contributed by atoms with Crippen molar-refractivity contribution >= 4 is 17.5 Å². The number of hydrogen-bond donors (Lipinski definition) is 1. The van der Waals surface area contributed by atoms with E-state index < -0.39 is 0 Å². The van der Waals surface area contributed by atoms with Gasteiger partial charge in [-0.15, -0.1) is 0 Å². The summed E-state index contributed by atoms with van der Waals surface area (Å²) in [7, 11) is 0. The lowest BCUT2D eigenvalue weighted by Gasteiger charge is -2.36. The number of carbonyl (C=O) groups excluding carboxylic acids is 2. The molecule has 0 spiro atoms. The lowest BCUT2D eigenvalue weighted by Crippen LogP contribution is -2.47. The summed E-state index contributed by atoms with van der Waals surface area (Å²) in [6, 6.07) is 14.0. The van der Waals surface area contributed by atoms with Gasteiger partial charge in [-0.3, -0.25) is 9.59 Å². The first kappa shape index (κ1) is 19.1. The first-order chi connectivity index (χ1) is 12.9. The summed E-state index contributed by atoms with van der Waals surface area (Å²) in [6.45, 7) is 4.23. The largest absolute Gasteiger partial charge is 0.337 e. The Kier molecular flexibility index (Phi) is 5.59. The van der Waals surface area contributed by atoms with Crippen LogP contribution in [0.3, 0.4) is 0 Å². The smallest absolute Gasteiger partial charge is 0.227 e. The fourth-order valence-corrected chi connectivity index (χ4v) is 3.96. The molecule has 4 nitrogen and oxygen atoms in total. The third kappa shape index (κ3) is 4.54. The number of likely N-dealkylation sites (tertiary alicyclic amines) is 1. The molecule has 5 heteroatoms. The number of anilines is 1. The van der Waals surface area contributed by atoms with Crippen molar-refractivity contribution in [2.24, 2.45) is 0 Å². The van der Waals surface area contributed by atoms with Gasteiger partial charge in [0.2, 0.25) is 11.8 Å². The average Bonchev–Trinajstić information content (AvgIpc) is 2.97. The highest BCUT2D eigenvalue weighted by atomic mass is 19.1. The van der Waals surface area contributed by atoms with Gasteiger partial charge in [0, 0.05) is 24.7 Å². The van der Waals surface area contributed by atoms with Crippen molar-refractivity contribution in [1.29, 1.82) is 0 Å². The van der Waals surface area contributed by atoms with Crippen LogP contribution in [0.25, 0.3) is 0 Å². The van der Waals surface area contributed by atoms with E-state index in [0.29, 0.717) is 18.7 Å². The van der Waals surface area contributed by atoms with Gasteiger partial charge >= 0.3 is 0 Å². The number of amides is 2. The predicted octanol–water partition coefficient (Wildman–Crippen LogP) is 3.95. The molecule has 2 aromatic rings. The van der Waals surface area contributed by atoms with Gasteiger partial charge < -0.3 is 10.2 Å². The molecule has 0 radical (unpaired) electrons. The van der Waals surface area contributed by atoms with E-state index in [1.807, 2.05) is 29.2 Å². The highest BCUT2D eigenvalue weighted by Gasteiger charge is 2.39. The van der Waals surface area contributed by atoms with E-state index in [-0.39, 0.29) is 29.6 Å². The summed E-state index contributed by atoms with van der Waals surface area (Å²) in [5.41, 5.74) is 2.05. The van der Waals surface area contributed by atoms with Crippen molar-refractivity contribution in [1.82, 2.24) is 4.90 Å². The van der Waals surface area contributed by atoms with Crippen LogP contribution in [0.2, 0.25) is 0 Å². The van der Waals surface area contributed by atoms with Crippen molar-refractivity contribution in [2.75, 3.05) is 11.9 Å². The Morgan fingerprint density at radius 2 is 1.96 bits per heavy atom. The maximum atomic E-state index is 13.5. The third-order valence-electron chi connectivity index (χ3n) is 5.19. The molecule has 1 saturated heterocycles. The van der Waals surface area contributed by atoms with Crippen LogP contribution in [0.1, 0.15) is 37.8 Å². The number of nitrogens with zero attached hydrogens (tertiary/aromatic N) is 1. The van der Waals surface area contributed by atoms with Crippen LogP contribution >= 0.6 is 0 Å². The molecule has 3 rings (SSSR count). The van der Waals surface area contributed by atoms with Gasteiger partial charge in [-0.05, 0) is 55.5 Å². The summed E-state index contributed by atoms with van der Waals surface area (Å²) >= 11 is 0. The van der Waals surface area contributed by atoms with Crippen molar-refractivity contribution < 1.29 is 14.0 Å². The molecule has 1 N–H and O–H groups in total. The Morgan fingerprint density at radius 3 is 2.70 bits per heavy atom. The Bertz CT molecular complexity index is 852. The second-order valence-electron chi connectivity index (χ2n) is 7.47. The average molecular weight is 368 g/mol. The minimum absolute atomic E-state index is 0.0317. The SMILES string of the molecule is CC(=O)Nc1ccccc1CC(=O)N1CCCC1(C)Cc1cccc(F)c1. The molecule has 1 atom stereocenters. The fourth-order valence-electron chi connectivity index (χ4n) is 3.96. The molecule has 0 aromatic heterocycles. The molecule has 0 saturated carbocycles. The van der Waals surface area contributed by atoms with E-state index in [1.165, 1.54) is 19.1 Å². The second-order valence-corrected chi connectivity index (χ2v) is 7.47. The standard InChI is InChI=1S/C22H25FN2O2/c1-16(26)24-20-10-4-3-8-18(20)14-21(27)25-12-6-11-22(25,2)15-17-7-5-9-19(23)13-17/h3-5,7-10,13H,6,11-12,14-15H2,1-2H3,(H,24,26). The van der Waals surface area contributed by atoms with Crippen molar-refractivity contribution in [3.05, 3.63) is 65.5 Å². The normalized spacial score (nSPS) is 19.1. The van der Waals surface area contributed by atoms with Crippen LogP contribution in [0, 0.1) is 5.82 Å². The summed E-state index contributed by atoms with van der Waals surface area (Å²) in [5.74, 6) is -0.382. The highest BCUT2D eigenvalue weighted by Crippen LogP contribution is 2.33. The zero-order chi connectivity index (χ0) is 19.4. The van der Waals surface area contributed by atoms with E-state index in [0.717, 1.165) is 24.0 Å². The maximum Gasteiger partial charge on any atom is 0.227 e. The second kappa shape index (κ2) is 7.91. The Labute approximate surface area is 159 Å². The van der Waals surface area contributed by atoms with Gasteiger partial charge in [0.1, 0.15) is 5.82 Å². The maximum absolute atomic E-state index is 13.5. The third-order valence-corrected chi connectivity index (χ3v) is 5.19. The Hall–Kier alpha value is -2.69. The van der Waals surface area contributed by atoms with Gasteiger partial charge in [-0.2, -0.15) is 0 Å². The molecule has 27 heavy (non-hydrogen) atoms. The van der Waals surface area contributed by atoms with E-state index in [2.05, 4.69) is 12.2 Å². The number of halogens is 1. The van der Waals surface area contributed by atoms with Gasteiger partial charge in [0.25, 0.3) is 0 Å². The molecule has 142 valence electrons. The summed E-state index contributed by atoms with van der Waals surface area (Å²) in [4.78, 5) is 26.4. The zero-order valence-corrected chi connectivity index (χ0v) is 15.8. The molecule has 0 bridgehead atoms. The van der Waals surface area contributed by atoms with Crippen molar-refractivity contribution in [3.63, 3.8) is 0 Å². The van der Waals surface area contributed by atoms with Crippen molar-refractivity contribution in [3.8, 4) is 0 Å². The Morgan fingerprint density at radius 1 is 1.19 bits per heavy atom. The lowest BCUT2D eigenvalue weighted by atomic mass is 9.89. The first-order valence-electron chi connectivity index (χ1n) is 9.28. The Balaban J connectivity index is 1.77. The van der Waals surface area contributed by atoms with Crippen LogP contribution in [0.4, 0.5) is 10.1 Å². The van der Waals surface area contributed by atoms with E-state index >= 15 is 0 Å². The number of hydrogen-bond acceptors (Lipinski definition) is 2. The molecule has 1 heterocycles. The molecule has 2 aromatic carbocycles. The summed E-state index contributed by atoms with van der Waals surface area (Å²) in [6.07, 6.45) is 2.69. The number of rotatable bonds is 5. The fraction of sp³-hybridized carbons (Fsp3) is 0.364. The number of carbonyl (C=O) groups is 2. The quantitative estimate of drug-likeness (QED) is 0.869. The molecule has 1 fully saturated rings. The van der Waals surface area contributed by atoms with Crippen LogP contribution in [0.5, 0.6) is 0 Å². The zero-order valence-electron chi connectivity index (χ0n) is 15.8. The molecule has 2 amide bonds. The number of para-hydroxylation sites is 1. The van der Waals surface area contributed by atoms with Crippen LogP contribution in [0.15, 0.2) is 48.5 Å². The minimum Gasteiger partial charge on any atom is -0.337 e. The topological polar surface area (TPSA) is 49.4 Å². The van der Waals surface area contributed by atoms with Crippen molar-refractivity contribution in [2.45, 2.75) is 45.1 Å². The molecule has 0 aliphatic carbocycles. The summed E-state index contributed by atoms with van der Waals surface area (Å²) < 4.78 is 13.5. The highest BCUT2D eigenvalue weighted by molar-refractivity contribution is 5.91. The predicted molar refractivity (Wildman–Crippen MR) is 104 cm³/mol. The summed E-state index contributed by atoms with van der Waals surface area (Å²) in [5, 5.41) is 2.78. The van der Waals surface area contributed by atoms with Crippen LogP contribution in [-0.2, 0) is 22.4 Å². The van der Waals surface area contributed by atoms with E-state index in [1.54, 1.807) is 12.1 Å². The van der Waals surface area contributed by atoms with Gasteiger partial charge in [-0.1, -0.05) is 30.3 Å². The van der Waals surface area contributed by atoms with E-state index in [9.17, 15) is 14.0 Å². The van der Waals surface area contributed by atoms with E-state index in [4.69, 9.17) is 0 Å². The van der Waals surface area contributed by atoms with Crippen LogP contribution in [-0.4, -0.2) is 28.8 Å². The molecule has 1 aliphatic rings. The first-order valence-corrected chi connectivity index (χ1v) is 9.28. The monoisotopic (exact) mass is 368 g/mol. The lowest BCUT2D eigenvalue weighted by molar-refractivity contribution is -0.134. The number of benzene rings is 2. The van der Waals surface area contributed by atoms with Crippen LogP contribution < -0.4 is 5.32 Å². The molecule has 1 unspecified atom stereocenters. The van der Waals surface area contributed by atoms with Gasteiger partial charge in [-0.25, -0.2) is 4.39 Å². The minimum atomic E-state index is -0.326. The molecule has 1 aliphatic heterocycles. The van der Waals surface area contributed by atoms with Gasteiger partial charge in [0.05, 0.1) is 6.42 Å².